The van der Waals surface area contributed by atoms with E-state index in [1.165, 1.54) is 5.56 Å². The lowest BCUT2D eigenvalue weighted by Gasteiger charge is -2.19. The highest BCUT2D eigenvalue weighted by Crippen LogP contribution is 2.25. The fourth-order valence-corrected chi connectivity index (χ4v) is 3.19. The smallest absolute Gasteiger partial charge is 0.288 e. The molecule has 0 aliphatic rings. The van der Waals surface area contributed by atoms with Crippen molar-refractivity contribution in [1.82, 2.24) is 0 Å². The number of hydrogen-bond donors (Lipinski definition) is 2. The highest BCUT2D eigenvalue weighted by Gasteiger charge is 2.24. The summed E-state index contributed by atoms with van der Waals surface area (Å²) in [6.07, 6.45) is 3.74. The van der Waals surface area contributed by atoms with E-state index in [1.54, 1.807) is 0 Å². The SMILES string of the molecule is CC(C)(C)c1ccc(C(O)=C(C(=S)Nc2ccccc2)[n+]2ccccc2)cc1. The number of aliphatic hydroxyl groups excluding tert-OH is 1. The van der Waals surface area contributed by atoms with E-state index in [9.17, 15) is 5.11 Å². The number of nitrogens with one attached hydrogen (secondary N) is 1. The third-order valence-electron chi connectivity index (χ3n) is 4.47. The van der Waals surface area contributed by atoms with Gasteiger partial charge in [0.2, 0.25) is 0 Å². The summed E-state index contributed by atoms with van der Waals surface area (Å²) in [5.74, 6) is 0.130. The van der Waals surface area contributed by atoms with Crippen molar-refractivity contribution in [1.29, 1.82) is 0 Å². The molecule has 3 aromatic rings. The Morgan fingerprint density at radius 3 is 2.00 bits per heavy atom. The van der Waals surface area contributed by atoms with Crippen LogP contribution < -0.4 is 9.88 Å². The Balaban J connectivity index is 2.03. The van der Waals surface area contributed by atoms with E-state index in [0.717, 1.165) is 11.3 Å². The van der Waals surface area contributed by atoms with Crippen LogP contribution in [-0.4, -0.2) is 10.1 Å². The van der Waals surface area contributed by atoms with Gasteiger partial charge in [-0.25, -0.2) is 0 Å². The van der Waals surface area contributed by atoms with Crippen LogP contribution in [0, 0.1) is 0 Å². The summed E-state index contributed by atoms with van der Waals surface area (Å²) in [5.41, 5.74) is 3.39. The lowest BCUT2D eigenvalue weighted by molar-refractivity contribution is -0.575. The van der Waals surface area contributed by atoms with E-state index in [1.807, 2.05) is 89.8 Å². The highest BCUT2D eigenvalue weighted by molar-refractivity contribution is 7.81. The molecule has 28 heavy (non-hydrogen) atoms. The zero-order valence-electron chi connectivity index (χ0n) is 16.4. The van der Waals surface area contributed by atoms with Crippen LogP contribution in [0.4, 0.5) is 5.69 Å². The van der Waals surface area contributed by atoms with E-state index < -0.39 is 0 Å². The molecule has 2 N–H and O–H groups in total. The summed E-state index contributed by atoms with van der Waals surface area (Å²) < 4.78 is 1.82. The topological polar surface area (TPSA) is 36.1 Å². The van der Waals surface area contributed by atoms with Crippen molar-refractivity contribution in [2.45, 2.75) is 26.2 Å². The molecule has 3 nitrogen and oxygen atoms in total. The second-order valence-corrected chi connectivity index (χ2v) is 8.04. The van der Waals surface area contributed by atoms with E-state index in [4.69, 9.17) is 12.2 Å². The van der Waals surface area contributed by atoms with Gasteiger partial charge < -0.3 is 10.4 Å². The van der Waals surface area contributed by atoms with Crippen molar-refractivity contribution in [3.05, 3.63) is 96.3 Å². The second kappa shape index (κ2) is 8.36. The number of para-hydroxylation sites is 1. The second-order valence-electron chi connectivity index (χ2n) is 7.63. The van der Waals surface area contributed by atoms with Gasteiger partial charge in [-0.05, 0) is 23.1 Å². The molecular formula is C24H25N2OS+. The van der Waals surface area contributed by atoms with E-state index >= 15 is 0 Å². The summed E-state index contributed by atoms with van der Waals surface area (Å²) >= 11 is 5.65. The predicted molar refractivity (Wildman–Crippen MR) is 120 cm³/mol. The number of aliphatic hydroxyl groups is 1. The third-order valence-corrected chi connectivity index (χ3v) is 4.76. The predicted octanol–water partition coefficient (Wildman–Crippen LogP) is 5.59. The summed E-state index contributed by atoms with van der Waals surface area (Å²) in [5, 5.41) is 14.3. The number of benzene rings is 2. The Morgan fingerprint density at radius 1 is 0.857 bits per heavy atom. The number of nitrogens with zero attached hydrogens (tertiary/aromatic N) is 1. The lowest BCUT2D eigenvalue weighted by atomic mass is 9.86. The number of anilines is 1. The van der Waals surface area contributed by atoms with Crippen molar-refractivity contribution in [2.75, 3.05) is 5.32 Å². The molecule has 0 fully saturated rings. The molecule has 0 bridgehead atoms. The van der Waals surface area contributed by atoms with Gasteiger partial charge >= 0.3 is 0 Å². The van der Waals surface area contributed by atoms with E-state index in [-0.39, 0.29) is 11.2 Å². The number of thiocarbonyl (C=S) groups is 1. The van der Waals surface area contributed by atoms with Crippen LogP contribution >= 0.6 is 12.2 Å². The molecule has 0 aliphatic carbocycles. The first-order valence-corrected chi connectivity index (χ1v) is 9.64. The minimum atomic E-state index is 0.0546. The zero-order chi connectivity index (χ0) is 20.1. The molecule has 142 valence electrons. The van der Waals surface area contributed by atoms with Gasteiger partial charge in [0.15, 0.2) is 23.1 Å². The molecule has 0 saturated heterocycles. The first-order chi connectivity index (χ1) is 13.4. The summed E-state index contributed by atoms with van der Waals surface area (Å²) in [4.78, 5) is 0.444. The third kappa shape index (κ3) is 4.65. The van der Waals surface area contributed by atoms with Crippen molar-refractivity contribution >= 4 is 34.3 Å². The van der Waals surface area contributed by atoms with Gasteiger partial charge in [0.25, 0.3) is 5.70 Å². The van der Waals surface area contributed by atoms with Crippen LogP contribution in [0.15, 0.2) is 85.2 Å². The standard InChI is InChI=1S/C24H24N2OS/c1-24(2,3)19-14-12-18(13-15-19)22(27)21(26-16-8-5-9-17-26)23(28)25-20-10-6-4-7-11-20/h4-17H,1-3H3,(H-,25,27,28)/p+1. The van der Waals surface area contributed by atoms with Gasteiger partial charge in [-0.3, -0.25) is 0 Å². The summed E-state index contributed by atoms with van der Waals surface area (Å²) in [7, 11) is 0. The summed E-state index contributed by atoms with van der Waals surface area (Å²) in [6.45, 7) is 6.51. The van der Waals surface area contributed by atoms with Crippen molar-refractivity contribution in [3.63, 3.8) is 0 Å². The Labute approximate surface area is 172 Å². The largest absolute Gasteiger partial charge is 0.502 e. The van der Waals surface area contributed by atoms with Crippen LogP contribution in [0.5, 0.6) is 0 Å². The average molecular weight is 390 g/mol. The Morgan fingerprint density at radius 2 is 1.43 bits per heavy atom. The van der Waals surface area contributed by atoms with Gasteiger partial charge in [-0.15, -0.1) is 0 Å². The van der Waals surface area contributed by atoms with Gasteiger partial charge in [-0.2, -0.15) is 4.57 Å². The van der Waals surface area contributed by atoms with Gasteiger partial charge in [0.1, 0.15) is 0 Å². The van der Waals surface area contributed by atoms with E-state index in [0.29, 0.717) is 10.7 Å². The zero-order valence-corrected chi connectivity index (χ0v) is 17.2. The molecule has 1 heterocycles. The van der Waals surface area contributed by atoms with Crippen LogP contribution in [0.25, 0.3) is 11.5 Å². The lowest BCUT2D eigenvalue weighted by Crippen LogP contribution is -2.38. The maximum Gasteiger partial charge on any atom is 0.288 e. The normalized spacial score (nSPS) is 12.2. The monoisotopic (exact) mass is 389 g/mol. The van der Waals surface area contributed by atoms with Crippen molar-refractivity contribution in [3.8, 4) is 0 Å². The van der Waals surface area contributed by atoms with Gasteiger partial charge in [0.05, 0.1) is 0 Å². The first kappa shape index (κ1) is 19.8. The number of aromatic nitrogens is 1. The molecule has 0 aliphatic heterocycles. The molecule has 4 heteroatoms. The molecule has 0 atom stereocenters. The molecule has 0 radical (unpaired) electrons. The molecule has 1 aromatic heterocycles. The molecule has 0 amide bonds. The fourth-order valence-electron chi connectivity index (χ4n) is 2.87. The minimum absolute atomic E-state index is 0.0546. The number of hydrogen-bond acceptors (Lipinski definition) is 2. The van der Waals surface area contributed by atoms with Crippen LogP contribution in [0.2, 0.25) is 0 Å². The summed E-state index contributed by atoms with van der Waals surface area (Å²) in [6, 6.07) is 23.4. The molecule has 0 unspecified atom stereocenters. The average Bonchev–Trinajstić information content (AvgIpc) is 2.69. The van der Waals surface area contributed by atoms with Gasteiger partial charge in [0, 0.05) is 23.4 Å². The van der Waals surface area contributed by atoms with E-state index in [2.05, 4.69) is 26.1 Å². The van der Waals surface area contributed by atoms with Crippen LogP contribution in [-0.2, 0) is 5.41 Å². The Hall–Kier alpha value is -2.98. The van der Waals surface area contributed by atoms with Crippen LogP contribution in [0.3, 0.4) is 0 Å². The minimum Gasteiger partial charge on any atom is -0.502 e. The molecule has 2 aromatic carbocycles. The first-order valence-electron chi connectivity index (χ1n) is 9.23. The Bertz CT molecular complexity index is 973. The van der Waals surface area contributed by atoms with Crippen molar-refractivity contribution < 1.29 is 9.67 Å². The van der Waals surface area contributed by atoms with Crippen LogP contribution in [0.1, 0.15) is 31.9 Å². The fraction of sp³-hybridized carbons (Fsp3) is 0.167. The maximum absolute atomic E-state index is 11.1. The number of rotatable bonds is 4. The Kier molecular flexibility index (Phi) is 5.90. The van der Waals surface area contributed by atoms with Crippen molar-refractivity contribution in [2.24, 2.45) is 0 Å². The molecule has 3 rings (SSSR count). The number of pyridine rings is 1. The molecule has 0 saturated carbocycles. The highest BCUT2D eigenvalue weighted by atomic mass is 32.1. The molecular weight excluding hydrogens is 364 g/mol. The quantitative estimate of drug-likeness (QED) is 0.264. The molecule has 0 spiro atoms. The maximum atomic E-state index is 11.1. The van der Waals surface area contributed by atoms with Gasteiger partial charge in [-0.1, -0.05) is 81.5 Å².